The number of pyridine rings is 1. The Bertz CT molecular complexity index is 847. The van der Waals surface area contributed by atoms with Gasteiger partial charge in [-0.25, -0.2) is 12.8 Å². The van der Waals surface area contributed by atoms with Crippen LogP contribution in [0.25, 0.3) is 0 Å². The van der Waals surface area contributed by atoms with Gasteiger partial charge in [-0.1, -0.05) is 0 Å². The van der Waals surface area contributed by atoms with Crippen LogP contribution in [0.3, 0.4) is 0 Å². The average molecular weight is 370 g/mol. The molecular weight excluding hydrogens is 361 g/mol. The molecule has 0 amide bonds. The van der Waals surface area contributed by atoms with Gasteiger partial charge in [-0.15, -0.1) is 0 Å². The molecule has 2 aromatic rings. The van der Waals surface area contributed by atoms with E-state index in [4.69, 9.17) is 5.26 Å². The third-order valence-electron chi connectivity index (χ3n) is 2.71. The van der Waals surface area contributed by atoms with Crippen LogP contribution in [-0.2, 0) is 10.0 Å². The van der Waals surface area contributed by atoms with Gasteiger partial charge in [-0.05, 0) is 41.1 Å². The van der Waals surface area contributed by atoms with Crippen molar-refractivity contribution >= 4 is 31.6 Å². The molecule has 0 radical (unpaired) electrons. The van der Waals surface area contributed by atoms with Crippen LogP contribution in [-0.4, -0.2) is 13.4 Å². The molecule has 108 valence electrons. The number of nitrogens with zero attached hydrogens (tertiary/aromatic N) is 2. The van der Waals surface area contributed by atoms with E-state index in [9.17, 15) is 12.8 Å². The van der Waals surface area contributed by atoms with Gasteiger partial charge in [0.25, 0.3) is 10.0 Å². The molecule has 0 bridgehead atoms. The van der Waals surface area contributed by atoms with Gasteiger partial charge in [0.05, 0.1) is 17.3 Å². The van der Waals surface area contributed by atoms with Gasteiger partial charge < -0.3 is 0 Å². The zero-order valence-electron chi connectivity index (χ0n) is 10.8. The SMILES string of the molecule is Cc1c(F)cc(C#N)cc1NS(=O)(=O)c1cncc(Br)c1. The minimum Gasteiger partial charge on any atom is -0.279 e. The largest absolute Gasteiger partial charge is 0.279 e. The minimum absolute atomic E-state index is 0.0199. The second-order valence-electron chi connectivity index (χ2n) is 4.19. The highest BCUT2D eigenvalue weighted by Crippen LogP contribution is 2.24. The molecule has 0 unspecified atom stereocenters. The van der Waals surface area contributed by atoms with Crippen molar-refractivity contribution in [2.45, 2.75) is 11.8 Å². The van der Waals surface area contributed by atoms with Crippen molar-refractivity contribution in [2.75, 3.05) is 4.72 Å². The molecule has 1 aromatic carbocycles. The quantitative estimate of drug-likeness (QED) is 0.901. The first-order valence-electron chi connectivity index (χ1n) is 5.67. The maximum atomic E-state index is 13.7. The Morgan fingerprint density at radius 2 is 2.05 bits per heavy atom. The van der Waals surface area contributed by atoms with Gasteiger partial charge in [-0.3, -0.25) is 9.71 Å². The van der Waals surface area contributed by atoms with Gasteiger partial charge in [-0.2, -0.15) is 5.26 Å². The first-order chi connectivity index (χ1) is 9.83. The summed E-state index contributed by atoms with van der Waals surface area (Å²) in [5.41, 5.74) is 0.162. The van der Waals surface area contributed by atoms with E-state index in [-0.39, 0.29) is 21.7 Å². The summed E-state index contributed by atoms with van der Waals surface area (Å²) in [4.78, 5) is 3.70. The maximum absolute atomic E-state index is 13.7. The van der Waals surface area contributed by atoms with Crippen LogP contribution in [0.2, 0.25) is 0 Å². The Morgan fingerprint density at radius 1 is 1.33 bits per heavy atom. The molecular formula is C13H9BrFN3O2S. The summed E-state index contributed by atoms with van der Waals surface area (Å²) in [7, 11) is -3.92. The summed E-state index contributed by atoms with van der Waals surface area (Å²) in [6.07, 6.45) is 2.62. The number of anilines is 1. The van der Waals surface area contributed by atoms with E-state index in [1.807, 2.05) is 0 Å². The Labute approximate surface area is 129 Å². The van der Waals surface area contributed by atoms with E-state index in [1.54, 1.807) is 6.07 Å². The number of hydrogen-bond acceptors (Lipinski definition) is 4. The summed E-state index contributed by atoms with van der Waals surface area (Å²) in [6.45, 7) is 1.42. The van der Waals surface area contributed by atoms with Crippen LogP contribution in [0.4, 0.5) is 10.1 Å². The third-order valence-corrected chi connectivity index (χ3v) is 4.47. The summed E-state index contributed by atoms with van der Waals surface area (Å²) in [6, 6.07) is 5.47. The summed E-state index contributed by atoms with van der Waals surface area (Å²) in [5.74, 6) is -0.654. The maximum Gasteiger partial charge on any atom is 0.263 e. The first kappa shape index (κ1) is 15.4. The molecule has 5 nitrogen and oxygen atoms in total. The van der Waals surface area contributed by atoms with Crippen molar-refractivity contribution in [3.8, 4) is 6.07 Å². The molecule has 1 heterocycles. The fraction of sp³-hybridized carbons (Fsp3) is 0.0769. The van der Waals surface area contributed by atoms with Gasteiger partial charge in [0.2, 0.25) is 0 Å². The minimum atomic E-state index is -3.92. The molecule has 0 spiro atoms. The van der Waals surface area contributed by atoms with E-state index in [0.29, 0.717) is 4.47 Å². The van der Waals surface area contributed by atoms with Crippen LogP contribution in [0, 0.1) is 24.1 Å². The predicted molar refractivity (Wildman–Crippen MR) is 78.6 cm³/mol. The summed E-state index contributed by atoms with van der Waals surface area (Å²) >= 11 is 3.13. The molecule has 0 aliphatic carbocycles. The number of nitrogens with one attached hydrogen (secondary N) is 1. The molecule has 0 fully saturated rings. The first-order valence-corrected chi connectivity index (χ1v) is 7.95. The molecule has 8 heteroatoms. The lowest BCUT2D eigenvalue weighted by Crippen LogP contribution is -2.14. The molecule has 0 aliphatic heterocycles. The standard InChI is InChI=1S/C13H9BrFN3O2S/c1-8-12(15)2-9(5-16)3-13(8)18-21(19,20)11-4-10(14)6-17-7-11/h2-4,6-7,18H,1H3. The van der Waals surface area contributed by atoms with Gasteiger partial charge in [0.15, 0.2) is 0 Å². The Morgan fingerprint density at radius 3 is 2.67 bits per heavy atom. The molecule has 0 atom stereocenters. The van der Waals surface area contributed by atoms with Crippen LogP contribution in [0.15, 0.2) is 40.0 Å². The Balaban J connectivity index is 2.47. The van der Waals surface area contributed by atoms with Crippen molar-refractivity contribution in [1.29, 1.82) is 5.26 Å². The highest BCUT2D eigenvalue weighted by atomic mass is 79.9. The lowest BCUT2D eigenvalue weighted by molar-refractivity contribution is 0.600. The van der Waals surface area contributed by atoms with Crippen molar-refractivity contribution in [1.82, 2.24) is 4.98 Å². The van der Waals surface area contributed by atoms with Crippen LogP contribution >= 0.6 is 15.9 Å². The third kappa shape index (κ3) is 3.37. The number of halogens is 2. The lowest BCUT2D eigenvalue weighted by Gasteiger charge is -2.11. The van der Waals surface area contributed by atoms with Crippen LogP contribution < -0.4 is 4.72 Å². The molecule has 0 aliphatic rings. The second-order valence-corrected chi connectivity index (χ2v) is 6.78. The Hall–Kier alpha value is -1.98. The van der Waals surface area contributed by atoms with Crippen molar-refractivity contribution < 1.29 is 12.8 Å². The molecule has 1 N–H and O–H groups in total. The smallest absolute Gasteiger partial charge is 0.263 e. The van der Waals surface area contributed by atoms with Gasteiger partial charge in [0.1, 0.15) is 10.7 Å². The number of nitriles is 1. The van der Waals surface area contributed by atoms with Gasteiger partial charge >= 0.3 is 0 Å². The fourth-order valence-electron chi connectivity index (χ4n) is 1.59. The lowest BCUT2D eigenvalue weighted by atomic mass is 10.1. The molecule has 21 heavy (non-hydrogen) atoms. The number of aromatic nitrogens is 1. The van der Waals surface area contributed by atoms with E-state index in [0.717, 1.165) is 6.07 Å². The Kier molecular flexibility index (Phi) is 4.25. The number of hydrogen-bond donors (Lipinski definition) is 1. The van der Waals surface area contributed by atoms with E-state index in [2.05, 4.69) is 25.6 Å². The topological polar surface area (TPSA) is 82.9 Å². The van der Waals surface area contributed by atoms with Crippen molar-refractivity contribution in [3.05, 3.63) is 52.0 Å². The number of sulfonamides is 1. The summed E-state index contributed by atoms with van der Waals surface area (Å²) in [5, 5.41) is 8.82. The van der Waals surface area contributed by atoms with E-state index < -0.39 is 15.8 Å². The van der Waals surface area contributed by atoms with Crippen molar-refractivity contribution in [2.24, 2.45) is 0 Å². The number of benzene rings is 1. The summed E-state index contributed by atoms with van der Waals surface area (Å²) < 4.78 is 40.9. The molecule has 2 rings (SSSR count). The number of rotatable bonds is 3. The monoisotopic (exact) mass is 369 g/mol. The van der Waals surface area contributed by atoms with E-state index >= 15 is 0 Å². The average Bonchev–Trinajstić information content (AvgIpc) is 2.43. The van der Waals surface area contributed by atoms with Crippen molar-refractivity contribution in [3.63, 3.8) is 0 Å². The highest BCUT2D eigenvalue weighted by Gasteiger charge is 2.18. The highest BCUT2D eigenvalue weighted by molar-refractivity contribution is 9.10. The zero-order valence-corrected chi connectivity index (χ0v) is 13.2. The zero-order chi connectivity index (χ0) is 15.6. The fourth-order valence-corrected chi connectivity index (χ4v) is 3.21. The van der Waals surface area contributed by atoms with Crippen LogP contribution in [0.1, 0.15) is 11.1 Å². The predicted octanol–water partition coefficient (Wildman–Crippen LogP) is 2.96. The van der Waals surface area contributed by atoms with Gasteiger partial charge in [0, 0.05) is 22.4 Å². The molecule has 1 aromatic heterocycles. The van der Waals surface area contributed by atoms with E-state index in [1.165, 1.54) is 31.5 Å². The normalized spacial score (nSPS) is 11.0. The molecule has 0 saturated carbocycles. The molecule has 0 saturated heterocycles. The van der Waals surface area contributed by atoms with Crippen LogP contribution in [0.5, 0.6) is 0 Å². The second kappa shape index (κ2) is 5.79.